The first-order valence-corrected chi connectivity index (χ1v) is 7.67. The number of hydrogen-bond donors (Lipinski definition) is 0. The predicted octanol–water partition coefficient (Wildman–Crippen LogP) is 1.27. The third kappa shape index (κ3) is 3.69. The van der Waals surface area contributed by atoms with Crippen molar-refractivity contribution in [3.05, 3.63) is 0 Å². The van der Waals surface area contributed by atoms with Gasteiger partial charge in [0.15, 0.2) is 0 Å². The lowest BCUT2D eigenvalue weighted by Crippen LogP contribution is -2.58. The van der Waals surface area contributed by atoms with Crippen LogP contribution in [0.2, 0.25) is 0 Å². The Kier molecular flexibility index (Phi) is 4.85. The lowest BCUT2D eigenvalue weighted by molar-refractivity contribution is -0.135. The Bertz CT molecular complexity index is 313. The largest absolute Gasteiger partial charge is 0.337 e. The second kappa shape index (κ2) is 6.23. The summed E-state index contributed by atoms with van der Waals surface area (Å²) in [6.45, 7) is 11.7. The lowest BCUT2D eigenvalue weighted by Gasteiger charge is -2.45. The molecule has 4 heteroatoms. The normalized spacial score (nSPS) is 31.7. The average molecular weight is 267 g/mol. The fourth-order valence-corrected chi connectivity index (χ4v) is 3.47. The van der Waals surface area contributed by atoms with Crippen LogP contribution in [0.25, 0.3) is 0 Å². The van der Waals surface area contributed by atoms with Crippen LogP contribution >= 0.6 is 0 Å². The Morgan fingerprint density at radius 1 is 1.11 bits per heavy atom. The van der Waals surface area contributed by atoms with E-state index in [9.17, 15) is 4.79 Å². The fraction of sp³-hybridized carbons (Fsp3) is 0.933. The molecule has 110 valence electrons. The molecular formula is C15H29N3O. The van der Waals surface area contributed by atoms with E-state index in [0.717, 1.165) is 19.0 Å². The summed E-state index contributed by atoms with van der Waals surface area (Å²) in [7, 11) is 2.21. The minimum atomic E-state index is 0.221. The monoisotopic (exact) mass is 267 g/mol. The van der Waals surface area contributed by atoms with Crippen molar-refractivity contribution in [2.75, 3.05) is 39.8 Å². The molecule has 0 unspecified atom stereocenters. The number of rotatable bonds is 2. The first-order valence-electron chi connectivity index (χ1n) is 7.67. The van der Waals surface area contributed by atoms with Gasteiger partial charge in [-0.15, -0.1) is 0 Å². The van der Waals surface area contributed by atoms with Crippen molar-refractivity contribution in [2.45, 2.75) is 45.7 Å². The van der Waals surface area contributed by atoms with Crippen molar-refractivity contribution in [1.29, 1.82) is 0 Å². The Hall–Kier alpha value is -0.610. The van der Waals surface area contributed by atoms with Gasteiger partial charge in [0.1, 0.15) is 0 Å². The van der Waals surface area contributed by atoms with Crippen molar-refractivity contribution in [3.8, 4) is 0 Å². The van der Waals surface area contributed by atoms with Crippen LogP contribution in [0.5, 0.6) is 0 Å². The van der Waals surface area contributed by atoms with Gasteiger partial charge in [-0.1, -0.05) is 0 Å². The Balaban J connectivity index is 1.86. The van der Waals surface area contributed by atoms with Gasteiger partial charge in [0.05, 0.1) is 0 Å². The van der Waals surface area contributed by atoms with Gasteiger partial charge >= 0.3 is 0 Å². The molecule has 2 fully saturated rings. The maximum absolute atomic E-state index is 11.6. The van der Waals surface area contributed by atoms with Crippen LogP contribution in [0.4, 0.5) is 0 Å². The number of piperidine rings is 1. The number of likely N-dealkylation sites (tertiary alicyclic amines) is 1. The molecule has 0 aromatic rings. The highest BCUT2D eigenvalue weighted by Crippen LogP contribution is 2.22. The van der Waals surface area contributed by atoms with Crippen molar-refractivity contribution < 1.29 is 4.79 Å². The van der Waals surface area contributed by atoms with Gasteiger partial charge in [-0.25, -0.2) is 0 Å². The summed E-state index contributed by atoms with van der Waals surface area (Å²) < 4.78 is 0. The summed E-state index contributed by atoms with van der Waals surface area (Å²) in [5.74, 6) is 1.06. The van der Waals surface area contributed by atoms with Gasteiger partial charge in [0.25, 0.3) is 0 Å². The zero-order valence-corrected chi connectivity index (χ0v) is 12.9. The van der Waals surface area contributed by atoms with E-state index < -0.39 is 0 Å². The third-order valence-corrected chi connectivity index (χ3v) is 4.85. The van der Waals surface area contributed by atoms with Crippen LogP contribution in [-0.4, -0.2) is 72.5 Å². The number of nitrogens with zero attached hydrogens (tertiary/aromatic N) is 3. The standard InChI is InChI=1S/C15H29N3O/c1-12-10-18(14(3)19)13(2)9-17(12)11-15-5-7-16(4)8-6-15/h12-13,15H,5-11H2,1-4H3/t12-,13+/m0/s1. The molecule has 1 amide bonds. The van der Waals surface area contributed by atoms with E-state index in [1.54, 1.807) is 6.92 Å². The zero-order valence-electron chi connectivity index (χ0n) is 12.9. The van der Waals surface area contributed by atoms with Gasteiger partial charge in [-0.05, 0) is 52.7 Å². The molecule has 0 spiro atoms. The van der Waals surface area contributed by atoms with Crippen molar-refractivity contribution in [1.82, 2.24) is 14.7 Å². The number of carbonyl (C=O) groups is 1. The van der Waals surface area contributed by atoms with Gasteiger partial charge in [-0.2, -0.15) is 0 Å². The van der Waals surface area contributed by atoms with Crippen molar-refractivity contribution in [3.63, 3.8) is 0 Å². The molecule has 2 aliphatic rings. The third-order valence-electron chi connectivity index (χ3n) is 4.85. The smallest absolute Gasteiger partial charge is 0.219 e. The number of amides is 1. The fourth-order valence-electron chi connectivity index (χ4n) is 3.47. The van der Waals surface area contributed by atoms with E-state index in [1.807, 2.05) is 4.90 Å². The van der Waals surface area contributed by atoms with Crippen LogP contribution < -0.4 is 0 Å². The molecule has 0 aliphatic carbocycles. The SMILES string of the molecule is CC(=O)N1C[C@H](C)N(CC2CCN(C)CC2)C[C@H]1C. The molecule has 2 aliphatic heterocycles. The molecule has 2 saturated heterocycles. The molecule has 0 aromatic heterocycles. The molecule has 0 N–H and O–H groups in total. The quantitative estimate of drug-likeness (QED) is 0.754. The molecule has 4 nitrogen and oxygen atoms in total. The van der Waals surface area contributed by atoms with Crippen molar-refractivity contribution in [2.24, 2.45) is 5.92 Å². The second-order valence-electron chi connectivity index (χ2n) is 6.57. The predicted molar refractivity (Wildman–Crippen MR) is 78.1 cm³/mol. The van der Waals surface area contributed by atoms with Crippen molar-refractivity contribution >= 4 is 5.91 Å². The minimum Gasteiger partial charge on any atom is -0.337 e. The number of piperazine rings is 1. The summed E-state index contributed by atoms with van der Waals surface area (Å²) >= 11 is 0. The van der Waals surface area contributed by atoms with E-state index in [2.05, 4.69) is 30.7 Å². The van der Waals surface area contributed by atoms with Gasteiger partial charge in [0.2, 0.25) is 5.91 Å². The second-order valence-corrected chi connectivity index (χ2v) is 6.57. The van der Waals surface area contributed by atoms with E-state index in [-0.39, 0.29) is 5.91 Å². The first-order chi connectivity index (χ1) is 8.97. The van der Waals surface area contributed by atoms with E-state index >= 15 is 0 Å². The summed E-state index contributed by atoms with van der Waals surface area (Å²) in [5.41, 5.74) is 0. The van der Waals surface area contributed by atoms with Crippen LogP contribution in [0.1, 0.15) is 33.6 Å². The molecule has 19 heavy (non-hydrogen) atoms. The molecule has 0 radical (unpaired) electrons. The number of carbonyl (C=O) groups excluding carboxylic acids is 1. The summed E-state index contributed by atoms with van der Waals surface area (Å²) in [5, 5.41) is 0. The van der Waals surface area contributed by atoms with Gasteiger partial charge < -0.3 is 9.80 Å². The Morgan fingerprint density at radius 3 is 2.32 bits per heavy atom. The summed E-state index contributed by atoms with van der Waals surface area (Å²) in [6.07, 6.45) is 2.65. The molecular weight excluding hydrogens is 238 g/mol. The highest BCUT2D eigenvalue weighted by atomic mass is 16.2. The number of hydrogen-bond acceptors (Lipinski definition) is 3. The summed E-state index contributed by atoms with van der Waals surface area (Å²) in [4.78, 5) is 18.6. The van der Waals surface area contributed by atoms with Gasteiger partial charge in [-0.3, -0.25) is 9.69 Å². The highest BCUT2D eigenvalue weighted by Gasteiger charge is 2.31. The molecule has 2 heterocycles. The molecule has 0 saturated carbocycles. The zero-order chi connectivity index (χ0) is 14.0. The topological polar surface area (TPSA) is 26.8 Å². The van der Waals surface area contributed by atoms with E-state index in [0.29, 0.717) is 12.1 Å². The maximum atomic E-state index is 11.6. The summed E-state index contributed by atoms with van der Waals surface area (Å²) in [6, 6.07) is 0.861. The molecule has 0 aromatic carbocycles. The molecule has 2 rings (SSSR count). The average Bonchev–Trinajstić information content (AvgIpc) is 2.35. The van der Waals surface area contributed by atoms with Gasteiger partial charge in [0, 0.05) is 38.6 Å². The Labute approximate surface area is 117 Å². The highest BCUT2D eigenvalue weighted by molar-refractivity contribution is 5.73. The van der Waals surface area contributed by atoms with Crippen LogP contribution in [0, 0.1) is 5.92 Å². The minimum absolute atomic E-state index is 0.221. The Morgan fingerprint density at radius 2 is 1.74 bits per heavy atom. The van der Waals surface area contributed by atoms with E-state index in [1.165, 1.54) is 32.5 Å². The van der Waals surface area contributed by atoms with Crippen LogP contribution in [0.3, 0.4) is 0 Å². The lowest BCUT2D eigenvalue weighted by atomic mass is 9.95. The molecule has 2 atom stereocenters. The van der Waals surface area contributed by atoms with Crippen LogP contribution in [0.15, 0.2) is 0 Å². The molecule has 0 bridgehead atoms. The first kappa shape index (κ1) is 14.8. The van der Waals surface area contributed by atoms with E-state index in [4.69, 9.17) is 0 Å². The maximum Gasteiger partial charge on any atom is 0.219 e. The van der Waals surface area contributed by atoms with Crippen LogP contribution in [-0.2, 0) is 4.79 Å².